The van der Waals surface area contributed by atoms with E-state index in [0.29, 0.717) is 16.8 Å². The number of hydrogen-bond acceptors (Lipinski definition) is 7. The molecule has 0 bridgehead atoms. The molecule has 11 heteroatoms. The van der Waals surface area contributed by atoms with Crippen LogP contribution in [0.5, 0.6) is 0 Å². The second-order valence-electron chi connectivity index (χ2n) is 8.02. The van der Waals surface area contributed by atoms with Gasteiger partial charge in [-0.3, -0.25) is 30.0 Å². The molecule has 1 saturated heterocycles. The van der Waals surface area contributed by atoms with Crippen LogP contribution in [-0.4, -0.2) is 48.9 Å². The first-order valence-electron chi connectivity index (χ1n) is 10.8. The summed E-state index contributed by atoms with van der Waals surface area (Å²) in [5.74, 6) is -3.46. The monoisotopic (exact) mass is 545 g/mol. The third kappa shape index (κ3) is 7.12. The van der Waals surface area contributed by atoms with Crippen molar-refractivity contribution in [3.8, 4) is 0 Å². The second kappa shape index (κ2) is 11.6. The van der Waals surface area contributed by atoms with Crippen molar-refractivity contribution >= 4 is 51.3 Å². The van der Waals surface area contributed by atoms with Gasteiger partial charge in [-0.15, -0.1) is 0 Å². The summed E-state index contributed by atoms with van der Waals surface area (Å²) in [6.07, 6.45) is -0.322. The summed E-state index contributed by atoms with van der Waals surface area (Å²) in [5.41, 5.74) is 5.61. The van der Waals surface area contributed by atoms with E-state index in [4.69, 9.17) is 9.47 Å². The molecule has 0 aliphatic carbocycles. The van der Waals surface area contributed by atoms with Crippen LogP contribution in [0.25, 0.3) is 0 Å². The van der Waals surface area contributed by atoms with Gasteiger partial charge in [0.15, 0.2) is 6.61 Å². The fourth-order valence-electron chi connectivity index (χ4n) is 3.27. The smallest absolute Gasteiger partial charge is 0.338 e. The van der Waals surface area contributed by atoms with E-state index in [9.17, 15) is 24.0 Å². The van der Waals surface area contributed by atoms with Crippen LogP contribution in [0.3, 0.4) is 0 Å². The Hall–Kier alpha value is -3.73. The van der Waals surface area contributed by atoms with Crippen molar-refractivity contribution in [3.05, 3.63) is 64.1 Å². The Labute approximate surface area is 210 Å². The Kier molecular flexibility index (Phi) is 8.58. The lowest BCUT2D eigenvalue weighted by molar-refractivity contribution is -0.152. The molecule has 184 valence electrons. The van der Waals surface area contributed by atoms with E-state index < -0.39 is 36.3 Å². The van der Waals surface area contributed by atoms with E-state index in [0.717, 1.165) is 4.47 Å². The first-order chi connectivity index (χ1) is 16.6. The normalized spacial score (nSPS) is 15.0. The van der Waals surface area contributed by atoms with Gasteiger partial charge in [-0.1, -0.05) is 15.9 Å². The molecule has 0 unspecified atom stereocenters. The summed E-state index contributed by atoms with van der Waals surface area (Å²) in [7, 11) is 0. The lowest BCUT2D eigenvalue weighted by Crippen LogP contribution is -2.43. The number of benzene rings is 2. The topological polar surface area (TPSA) is 131 Å². The standard InChI is InChI=1S/C24H24BrN3O7/c1-14(2)35-24(33)16-5-9-19(10-6-16)28-12-17(11-21(28)30)23(32)34-13-20(29)26-27-22(31)15-3-7-18(25)8-4-15/h3-10,14,17H,11-13H2,1-2H3,(H,26,29)(H,27,31)/t17-/m1/s1. The van der Waals surface area contributed by atoms with Gasteiger partial charge >= 0.3 is 11.9 Å². The van der Waals surface area contributed by atoms with Crippen LogP contribution in [0.2, 0.25) is 0 Å². The first-order valence-corrected chi connectivity index (χ1v) is 11.6. The van der Waals surface area contributed by atoms with Gasteiger partial charge in [0, 0.05) is 28.7 Å². The van der Waals surface area contributed by atoms with Gasteiger partial charge in [-0.2, -0.15) is 0 Å². The number of halogens is 1. The number of carbonyl (C=O) groups excluding carboxylic acids is 5. The third-order valence-corrected chi connectivity index (χ3v) is 5.51. The van der Waals surface area contributed by atoms with E-state index in [-0.39, 0.29) is 25.0 Å². The molecule has 1 fully saturated rings. The zero-order valence-electron chi connectivity index (χ0n) is 19.1. The van der Waals surface area contributed by atoms with Crippen molar-refractivity contribution in [2.45, 2.75) is 26.4 Å². The molecule has 1 heterocycles. The zero-order valence-corrected chi connectivity index (χ0v) is 20.7. The molecule has 2 aromatic rings. The van der Waals surface area contributed by atoms with Crippen LogP contribution in [0.1, 0.15) is 41.0 Å². The molecule has 2 aromatic carbocycles. The van der Waals surface area contributed by atoms with Crippen LogP contribution >= 0.6 is 15.9 Å². The largest absolute Gasteiger partial charge is 0.459 e. The van der Waals surface area contributed by atoms with Gasteiger partial charge in [0.1, 0.15) is 0 Å². The van der Waals surface area contributed by atoms with E-state index in [1.54, 1.807) is 62.4 Å². The van der Waals surface area contributed by atoms with E-state index >= 15 is 0 Å². The maximum Gasteiger partial charge on any atom is 0.338 e. The second-order valence-corrected chi connectivity index (χ2v) is 8.94. The predicted octanol–water partition coefficient (Wildman–Crippen LogP) is 2.37. The van der Waals surface area contributed by atoms with E-state index in [1.807, 2.05) is 0 Å². The molecule has 10 nitrogen and oxygen atoms in total. The highest BCUT2D eigenvalue weighted by atomic mass is 79.9. The first kappa shape index (κ1) is 25.9. The van der Waals surface area contributed by atoms with Crippen LogP contribution in [0.15, 0.2) is 53.0 Å². The predicted molar refractivity (Wildman–Crippen MR) is 128 cm³/mol. The molecular weight excluding hydrogens is 522 g/mol. The van der Waals surface area contributed by atoms with E-state index in [2.05, 4.69) is 26.8 Å². The summed E-state index contributed by atoms with van der Waals surface area (Å²) in [6, 6.07) is 12.8. The molecule has 2 N–H and O–H groups in total. The molecule has 3 rings (SSSR count). The number of hydrazine groups is 1. The minimum absolute atomic E-state index is 0.0715. The maximum absolute atomic E-state index is 12.4. The summed E-state index contributed by atoms with van der Waals surface area (Å²) in [4.78, 5) is 62.1. The molecule has 0 aromatic heterocycles. The molecule has 0 saturated carbocycles. The summed E-state index contributed by atoms with van der Waals surface area (Å²) < 4.78 is 11.0. The van der Waals surface area contributed by atoms with Crippen LogP contribution in [0, 0.1) is 5.92 Å². The van der Waals surface area contributed by atoms with Crippen molar-refractivity contribution in [1.82, 2.24) is 10.9 Å². The zero-order chi connectivity index (χ0) is 25.5. The highest BCUT2D eigenvalue weighted by molar-refractivity contribution is 9.10. The number of carbonyl (C=O) groups is 5. The van der Waals surface area contributed by atoms with Crippen LogP contribution < -0.4 is 15.8 Å². The quantitative estimate of drug-likeness (QED) is 0.403. The number of hydrogen-bond donors (Lipinski definition) is 2. The SMILES string of the molecule is CC(C)OC(=O)c1ccc(N2C[C@H](C(=O)OCC(=O)NNC(=O)c3ccc(Br)cc3)CC2=O)cc1. The van der Waals surface area contributed by atoms with Gasteiger partial charge in [-0.25, -0.2) is 4.79 Å². The number of ether oxygens (including phenoxy) is 2. The number of esters is 2. The third-order valence-electron chi connectivity index (χ3n) is 4.98. The molecule has 3 amide bonds. The number of amides is 3. The van der Waals surface area contributed by atoms with Crippen molar-refractivity contribution < 1.29 is 33.4 Å². The number of nitrogens with one attached hydrogen (secondary N) is 2. The van der Waals surface area contributed by atoms with Gasteiger partial charge < -0.3 is 14.4 Å². The summed E-state index contributed by atoms with van der Waals surface area (Å²) in [5, 5.41) is 0. The fourth-order valence-corrected chi connectivity index (χ4v) is 3.53. The summed E-state index contributed by atoms with van der Waals surface area (Å²) in [6.45, 7) is 2.96. The minimum Gasteiger partial charge on any atom is -0.459 e. The van der Waals surface area contributed by atoms with Crippen molar-refractivity contribution in [2.75, 3.05) is 18.1 Å². The van der Waals surface area contributed by atoms with E-state index in [1.165, 1.54) is 4.90 Å². The minimum atomic E-state index is -0.752. The number of rotatable bonds is 7. The molecule has 1 aliphatic rings. The Morgan fingerprint density at radius 3 is 2.26 bits per heavy atom. The Morgan fingerprint density at radius 1 is 1.00 bits per heavy atom. The molecule has 0 radical (unpaired) electrons. The van der Waals surface area contributed by atoms with Crippen LogP contribution in [0.4, 0.5) is 5.69 Å². The molecule has 1 aliphatic heterocycles. The van der Waals surface area contributed by atoms with Gasteiger partial charge in [-0.05, 0) is 62.4 Å². The highest BCUT2D eigenvalue weighted by Gasteiger charge is 2.36. The Balaban J connectivity index is 1.46. The van der Waals surface area contributed by atoms with Crippen molar-refractivity contribution in [1.29, 1.82) is 0 Å². The lowest BCUT2D eigenvalue weighted by atomic mass is 10.1. The molecular formula is C24H24BrN3O7. The average Bonchev–Trinajstić information content (AvgIpc) is 3.22. The van der Waals surface area contributed by atoms with Gasteiger partial charge in [0.2, 0.25) is 5.91 Å². The van der Waals surface area contributed by atoms with Gasteiger partial charge in [0.05, 0.1) is 17.6 Å². The van der Waals surface area contributed by atoms with Crippen molar-refractivity contribution in [3.63, 3.8) is 0 Å². The molecule has 1 atom stereocenters. The summed E-state index contributed by atoms with van der Waals surface area (Å²) >= 11 is 3.26. The average molecular weight is 546 g/mol. The van der Waals surface area contributed by atoms with Crippen LogP contribution in [-0.2, 0) is 23.9 Å². The highest BCUT2D eigenvalue weighted by Crippen LogP contribution is 2.26. The van der Waals surface area contributed by atoms with Gasteiger partial charge in [0.25, 0.3) is 11.8 Å². The maximum atomic E-state index is 12.4. The Morgan fingerprint density at radius 2 is 1.63 bits per heavy atom. The van der Waals surface area contributed by atoms with Crippen molar-refractivity contribution in [2.24, 2.45) is 5.92 Å². The number of anilines is 1. The molecule has 35 heavy (non-hydrogen) atoms. The Bertz CT molecular complexity index is 1120. The number of nitrogens with zero attached hydrogens (tertiary/aromatic N) is 1. The fraction of sp³-hybridized carbons (Fsp3) is 0.292. The lowest BCUT2D eigenvalue weighted by Gasteiger charge is -2.17. The molecule has 0 spiro atoms.